The summed E-state index contributed by atoms with van der Waals surface area (Å²) in [5.74, 6) is -0.0259. The summed E-state index contributed by atoms with van der Waals surface area (Å²) in [7, 11) is 0. The van der Waals surface area contributed by atoms with Crippen molar-refractivity contribution < 1.29 is 4.79 Å². The maximum Gasteiger partial charge on any atom is 0.225 e. The van der Waals surface area contributed by atoms with E-state index in [1.807, 2.05) is 19.1 Å². The molecule has 0 fully saturated rings. The van der Waals surface area contributed by atoms with E-state index < -0.39 is 0 Å². The van der Waals surface area contributed by atoms with E-state index in [1.54, 1.807) is 36.7 Å². The van der Waals surface area contributed by atoms with Gasteiger partial charge in [0.15, 0.2) is 0 Å². The van der Waals surface area contributed by atoms with Crippen LogP contribution in [0.1, 0.15) is 30.4 Å². The summed E-state index contributed by atoms with van der Waals surface area (Å²) in [6.45, 7) is 1.98. The van der Waals surface area contributed by atoms with Crippen LogP contribution in [-0.2, 0) is 4.79 Å². The number of pyridine rings is 1. The minimum atomic E-state index is -0.107. The SMILES string of the molecule is CC(CC(=O)Nc1ccccc1C#N)c1cccnc1. The number of rotatable bonds is 4. The van der Waals surface area contributed by atoms with E-state index in [9.17, 15) is 4.79 Å². The molecular formula is C16H15N3O. The summed E-state index contributed by atoms with van der Waals surface area (Å²) in [5, 5.41) is 11.8. The first-order valence-corrected chi connectivity index (χ1v) is 6.39. The van der Waals surface area contributed by atoms with Crippen molar-refractivity contribution in [1.29, 1.82) is 5.26 Å². The maximum atomic E-state index is 12.0. The van der Waals surface area contributed by atoms with E-state index in [-0.39, 0.29) is 11.8 Å². The van der Waals surface area contributed by atoms with Gasteiger partial charge in [0.25, 0.3) is 0 Å². The van der Waals surface area contributed by atoms with Crippen LogP contribution in [0.3, 0.4) is 0 Å². The largest absolute Gasteiger partial charge is 0.325 e. The molecule has 0 saturated heterocycles. The second kappa shape index (κ2) is 6.48. The number of hydrogen-bond acceptors (Lipinski definition) is 3. The highest BCUT2D eigenvalue weighted by Crippen LogP contribution is 2.19. The first kappa shape index (κ1) is 13.8. The Labute approximate surface area is 118 Å². The number of nitrogens with one attached hydrogen (secondary N) is 1. The van der Waals surface area contributed by atoms with Gasteiger partial charge >= 0.3 is 0 Å². The lowest BCUT2D eigenvalue weighted by atomic mass is 9.99. The number of nitrogens with zero attached hydrogens (tertiary/aromatic N) is 2. The molecule has 1 aromatic heterocycles. The van der Waals surface area contributed by atoms with E-state index >= 15 is 0 Å². The topological polar surface area (TPSA) is 65.8 Å². The van der Waals surface area contributed by atoms with Gasteiger partial charge in [-0.25, -0.2) is 0 Å². The Morgan fingerprint density at radius 2 is 2.15 bits per heavy atom. The van der Waals surface area contributed by atoms with Gasteiger partial charge < -0.3 is 5.32 Å². The number of amides is 1. The molecule has 4 nitrogen and oxygen atoms in total. The van der Waals surface area contributed by atoms with Crippen molar-refractivity contribution in [1.82, 2.24) is 4.98 Å². The molecule has 0 aliphatic heterocycles. The molecule has 1 unspecified atom stereocenters. The fourth-order valence-electron chi connectivity index (χ4n) is 1.95. The molecule has 2 aromatic rings. The summed E-state index contributed by atoms with van der Waals surface area (Å²) in [6.07, 6.45) is 3.83. The number of nitriles is 1. The van der Waals surface area contributed by atoms with Crippen molar-refractivity contribution in [3.8, 4) is 6.07 Å². The van der Waals surface area contributed by atoms with Gasteiger partial charge in [-0.1, -0.05) is 25.1 Å². The molecule has 4 heteroatoms. The predicted molar refractivity (Wildman–Crippen MR) is 77.1 cm³/mol. The lowest BCUT2D eigenvalue weighted by Crippen LogP contribution is -2.15. The van der Waals surface area contributed by atoms with Crippen LogP contribution in [0.4, 0.5) is 5.69 Å². The Kier molecular flexibility index (Phi) is 4.46. The predicted octanol–water partition coefficient (Wildman–Crippen LogP) is 3.09. The standard InChI is InChI=1S/C16H15N3O/c1-12(14-6-4-8-18-11-14)9-16(20)19-15-7-3-2-5-13(15)10-17/h2-8,11-12H,9H2,1H3,(H,19,20). The van der Waals surface area contributed by atoms with Crippen LogP contribution in [0.5, 0.6) is 0 Å². The van der Waals surface area contributed by atoms with Crippen molar-refractivity contribution in [3.63, 3.8) is 0 Å². The maximum absolute atomic E-state index is 12.0. The average molecular weight is 265 g/mol. The van der Waals surface area contributed by atoms with Gasteiger partial charge in [-0.3, -0.25) is 9.78 Å². The third-order valence-electron chi connectivity index (χ3n) is 3.07. The third kappa shape index (κ3) is 3.42. The van der Waals surface area contributed by atoms with E-state index in [0.717, 1.165) is 5.56 Å². The number of anilines is 1. The highest BCUT2D eigenvalue weighted by Gasteiger charge is 2.12. The first-order valence-electron chi connectivity index (χ1n) is 6.39. The fraction of sp³-hybridized carbons (Fsp3) is 0.188. The van der Waals surface area contributed by atoms with Gasteiger partial charge in [0.1, 0.15) is 6.07 Å². The zero-order valence-electron chi connectivity index (χ0n) is 11.2. The Morgan fingerprint density at radius 3 is 2.85 bits per heavy atom. The smallest absolute Gasteiger partial charge is 0.225 e. The molecule has 1 aromatic carbocycles. The number of carbonyl (C=O) groups excluding carboxylic acids is 1. The Bertz CT molecular complexity index is 632. The average Bonchev–Trinajstić information content (AvgIpc) is 2.48. The number of aromatic nitrogens is 1. The van der Waals surface area contributed by atoms with Crippen LogP contribution in [0.25, 0.3) is 0 Å². The second-order valence-corrected chi connectivity index (χ2v) is 4.60. The molecule has 0 aliphatic carbocycles. The van der Waals surface area contributed by atoms with E-state index in [0.29, 0.717) is 17.7 Å². The molecule has 1 N–H and O–H groups in total. The lowest BCUT2D eigenvalue weighted by Gasteiger charge is -2.12. The van der Waals surface area contributed by atoms with Crippen molar-refractivity contribution >= 4 is 11.6 Å². The van der Waals surface area contributed by atoms with Crippen LogP contribution < -0.4 is 5.32 Å². The summed E-state index contributed by atoms with van der Waals surface area (Å²) < 4.78 is 0. The van der Waals surface area contributed by atoms with E-state index in [1.165, 1.54) is 0 Å². The number of para-hydroxylation sites is 1. The molecule has 1 atom stereocenters. The Hall–Kier alpha value is -2.67. The lowest BCUT2D eigenvalue weighted by molar-refractivity contribution is -0.116. The summed E-state index contributed by atoms with van der Waals surface area (Å²) in [6, 6.07) is 12.8. The molecule has 0 radical (unpaired) electrons. The van der Waals surface area contributed by atoms with Crippen molar-refractivity contribution in [2.24, 2.45) is 0 Å². The Balaban J connectivity index is 2.01. The summed E-state index contributed by atoms with van der Waals surface area (Å²) in [5.41, 5.74) is 2.05. The van der Waals surface area contributed by atoms with Crippen molar-refractivity contribution in [2.75, 3.05) is 5.32 Å². The second-order valence-electron chi connectivity index (χ2n) is 4.60. The van der Waals surface area contributed by atoms with E-state index in [4.69, 9.17) is 5.26 Å². The zero-order valence-corrected chi connectivity index (χ0v) is 11.2. The van der Waals surface area contributed by atoms with Crippen molar-refractivity contribution in [3.05, 3.63) is 59.9 Å². The molecule has 0 saturated carbocycles. The van der Waals surface area contributed by atoms with Gasteiger partial charge in [0.2, 0.25) is 5.91 Å². The molecule has 1 amide bonds. The monoisotopic (exact) mass is 265 g/mol. The molecule has 0 aliphatic rings. The highest BCUT2D eigenvalue weighted by molar-refractivity contribution is 5.92. The molecule has 2 rings (SSSR count). The first-order chi connectivity index (χ1) is 9.70. The normalized spacial score (nSPS) is 11.4. The molecule has 100 valence electrons. The van der Waals surface area contributed by atoms with Crippen LogP contribution in [0.15, 0.2) is 48.8 Å². The Morgan fingerprint density at radius 1 is 1.35 bits per heavy atom. The van der Waals surface area contributed by atoms with Gasteiger partial charge in [0.05, 0.1) is 11.3 Å². The molecular weight excluding hydrogens is 250 g/mol. The molecule has 1 heterocycles. The van der Waals surface area contributed by atoms with Crippen molar-refractivity contribution in [2.45, 2.75) is 19.3 Å². The number of hydrogen-bond donors (Lipinski definition) is 1. The molecule has 20 heavy (non-hydrogen) atoms. The van der Waals surface area contributed by atoms with Gasteiger partial charge in [0, 0.05) is 18.8 Å². The quantitative estimate of drug-likeness (QED) is 0.923. The summed E-state index contributed by atoms with van der Waals surface area (Å²) in [4.78, 5) is 16.1. The van der Waals surface area contributed by atoms with Crippen LogP contribution in [0, 0.1) is 11.3 Å². The molecule has 0 bridgehead atoms. The highest BCUT2D eigenvalue weighted by atomic mass is 16.1. The third-order valence-corrected chi connectivity index (χ3v) is 3.07. The van der Waals surface area contributed by atoms with Crippen LogP contribution >= 0.6 is 0 Å². The minimum Gasteiger partial charge on any atom is -0.325 e. The van der Waals surface area contributed by atoms with Gasteiger partial charge in [-0.2, -0.15) is 5.26 Å². The zero-order chi connectivity index (χ0) is 14.4. The number of carbonyl (C=O) groups is 1. The van der Waals surface area contributed by atoms with Gasteiger partial charge in [-0.05, 0) is 29.7 Å². The van der Waals surface area contributed by atoms with Gasteiger partial charge in [-0.15, -0.1) is 0 Å². The molecule has 0 spiro atoms. The van der Waals surface area contributed by atoms with Crippen LogP contribution in [0.2, 0.25) is 0 Å². The summed E-state index contributed by atoms with van der Waals surface area (Å²) >= 11 is 0. The van der Waals surface area contributed by atoms with E-state index in [2.05, 4.69) is 16.4 Å². The van der Waals surface area contributed by atoms with Crippen LogP contribution in [-0.4, -0.2) is 10.9 Å². The fourth-order valence-corrected chi connectivity index (χ4v) is 1.95. The number of benzene rings is 1. The minimum absolute atomic E-state index is 0.0814.